The van der Waals surface area contributed by atoms with E-state index in [1.54, 1.807) is 6.07 Å². The Bertz CT molecular complexity index is 330. The van der Waals surface area contributed by atoms with E-state index in [2.05, 4.69) is 22.6 Å². The van der Waals surface area contributed by atoms with Crippen LogP contribution >= 0.6 is 22.6 Å². The first-order chi connectivity index (χ1) is 6.59. The lowest BCUT2D eigenvalue weighted by atomic mass is 10.3. The quantitative estimate of drug-likeness (QED) is 0.817. The van der Waals surface area contributed by atoms with Crippen molar-refractivity contribution in [1.29, 1.82) is 0 Å². The molecule has 0 fully saturated rings. The Hall–Kier alpha value is -0.820. The van der Waals surface area contributed by atoms with Crippen LogP contribution in [0.3, 0.4) is 0 Å². The second kappa shape index (κ2) is 5.16. The van der Waals surface area contributed by atoms with Crippen LogP contribution in [0.1, 0.15) is 0 Å². The summed E-state index contributed by atoms with van der Waals surface area (Å²) in [6, 6.07) is 6.35. The largest absolute Gasteiger partial charge is 0.491 e. The van der Waals surface area contributed by atoms with E-state index >= 15 is 0 Å². The molecule has 0 unspecified atom stereocenters. The van der Waals surface area contributed by atoms with Crippen molar-refractivity contribution in [3.05, 3.63) is 27.8 Å². The summed E-state index contributed by atoms with van der Waals surface area (Å²) in [5.41, 5.74) is 5.28. The third kappa shape index (κ3) is 3.51. The van der Waals surface area contributed by atoms with Gasteiger partial charge in [0.15, 0.2) is 0 Å². The first-order valence-corrected chi connectivity index (χ1v) is 5.04. The van der Waals surface area contributed by atoms with Gasteiger partial charge in [-0.3, -0.25) is 4.79 Å². The summed E-state index contributed by atoms with van der Waals surface area (Å²) in [6.07, 6.45) is 0. The van der Waals surface area contributed by atoms with E-state index in [9.17, 15) is 4.79 Å². The Morgan fingerprint density at radius 1 is 1.64 bits per heavy atom. The second-order valence-corrected chi connectivity index (χ2v) is 3.96. The number of carboxylic acid groups (broad SMARTS) is 1. The van der Waals surface area contributed by atoms with E-state index in [4.69, 9.17) is 15.6 Å². The molecular formula is C9H10INO3. The zero-order valence-electron chi connectivity index (χ0n) is 7.31. The van der Waals surface area contributed by atoms with Gasteiger partial charge >= 0.3 is 5.97 Å². The highest BCUT2D eigenvalue weighted by molar-refractivity contribution is 14.1. The van der Waals surface area contributed by atoms with Crippen LogP contribution in [0, 0.1) is 3.57 Å². The molecule has 0 aliphatic heterocycles. The van der Waals surface area contributed by atoms with Crippen LogP contribution in [0.2, 0.25) is 0 Å². The molecule has 0 aromatic heterocycles. The maximum absolute atomic E-state index is 10.4. The van der Waals surface area contributed by atoms with Crippen molar-refractivity contribution >= 4 is 28.6 Å². The van der Waals surface area contributed by atoms with Gasteiger partial charge in [0.05, 0.1) is 0 Å². The molecule has 1 aromatic rings. The molecule has 0 aliphatic carbocycles. The van der Waals surface area contributed by atoms with Crippen LogP contribution in [0.15, 0.2) is 24.3 Å². The average molecular weight is 307 g/mol. The number of rotatable bonds is 4. The number of carbonyl (C=O) groups is 1. The van der Waals surface area contributed by atoms with Crippen molar-refractivity contribution in [2.24, 2.45) is 5.73 Å². The highest BCUT2D eigenvalue weighted by Crippen LogP contribution is 2.14. The van der Waals surface area contributed by atoms with Crippen molar-refractivity contribution in [3.63, 3.8) is 0 Å². The van der Waals surface area contributed by atoms with E-state index in [-0.39, 0.29) is 6.61 Å². The Balaban J connectivity index is 2.49. The standard InChI is InChI=1S/C9H10INO3/c10-6-2-1-3-7(4-6)14-5-8(11)9(12)13/h1-4,8H,5,11H2,(H,12,13)/t8-/m0/s1. The Kier molecular flexibility index (Phi) is 4.15. The summed E-state index contributed by atoms with van der Waals surface area (Å²) in [6.45, 7) is -0.0184. The van der Waals surface area contributed by atoms with Gasteiger partial charge in [0, 0.05) is 3.57 Å². The van der Waals surface area contributed by atoms with Crippen molar-refractivity contribution < 1.29 is 14.6 Å². The van der Waals surface area contributed by atoms with Gasteiger partial charge in [-0.25, -0.2) is 0 Å². The monoisotopic (exact) mass is 307 g/mol. The molecule has 5 heteroatoms. The number of ether oxygens (including phenoxy) is 1. The van der Waals surface area contributed by atoms with E-state index in [0.29, 0.717) is 5.75 Å². The predicted octanol–water partition coefficient (Wildman–Crippen LogP) is 1.08. The Morgan fingerprint density at radius 3 is 2.93 bits per heavy atom. The Labute approximate surface area is 95.2 Å². The third-order valence-electron chi connectivity index (χ3n) is 1.54. The lowest BCUT2D eigenvalue weighted by Gasteiger charge is -2.09. The van der Waals surface area contributed by atoms with E-state index in [0.717, 1.165) is 3.57 Å². The number of carboxylic acids is 1. The highest BCUT2D eigenvalue weighted by atomic mass is 127. The van der Waals surface area contributed by atoms with Crippen LogP contribution < -0.4 is 10.5 Å². The molecular weight excluding hydrogens is 297 g/mol. The van der Waals surface area contributed by atoms with Gasteiger partial charge in [0.2, 0.25) is 0 Å². The van der Waals surface area contributed by atoms with E-state index in [1.165, 1.54) is 0 Å². The number of nitrogens with two attached hydrogens (primary N) is 1. The number of aliphatic carboxylic acids is 1. The fourth-order valence-electron chi connectivity index (χ4n) is 0.814. The summed E-state index contributed by atoms with van der Waals surface area (Å²) in [4.78, 5) is 10.4. The molecule has 4 nitrogen and oxygen atoms in total. The van der Waals surface area contributed by atoms with Gasteiger partial charge < -0.3 is 15.6 Å². The smallest absolute Gasteiger partial charge is 0.324 e. The third-order valence-corrected chi connectivity index (χ3v) is 2.21. The summed E-state index contributed by atoms with van der Waals surface area (Å²) < 4.78 is 6.23. The molecule has 0 heterocycles. The van der Waals surface area contributed by atoms with Crippen LogP contribution in [0.4, 0.5) is 0 Å². The second-order valence-electron chi connectivity index (χ2n) is 2.71. The molecule has 0 saturated heterocycles. The molecule has 76 valence electrons. The summed E-state index contributed by atoms with van der Waals surface area (Å²) in [5.74, 6) is -0.427. The molecule has 0 spiro atoms. The van der Waals surface area contributed by atoms with Crippen LogP contribution in [0.5, 0.6) is 5.75 Å². The molecule has 0 bridgehead atoms. The first-order valence-electron chi connectivity index (χ1n) is 3.96. The molecule has 14 heavy (non-hydrogen) atoms. The van der Waals surface area contributed by atoms with Gasteiger partial charge in [-0.15, -0.1) is 0 Å². The minimum absolute atomic E-state index is 0.0184. The highest BCUT2D eigenvalue weighted by Gasteiger charge is 2.11. The molecule has 0 saturated carbocycles. The van der Waals surface area contributed by atoms with Gasteiger partial charge in [-0.1, -0.05) is 6.07 Å². The van der Waals surface area contributed by atoms with E-state index in [1.807, 2.05) is 18.2 Å². The minimum atomic E-state index is -1.06. The summed E-state index contributed by atoms with van der Waals surface area (Å²) in [5, 5.41) is 8.51. The molecule has 0 aliphatic rings. The zero-order chi connectivity index (χ0) is 10.6. The first kappa shape index (κ1) is 11.3. The topological polar surface area (TPSA) is 72.5 Å². The van der Waals surface area contributed by atoms with E-state index < -0.39 is 12.0 Å². The van der Waals surface area contributed by atoms with Gasteiger partial charge in [-0.05, 0) is 40.8 Å². The van der Waals surface area contributed by atoms with Crippen molar-refractivity contribution in [1.82, 2.24) is 0 Å². The van der Waals surface area contributed by atoms with Crippen molar-refractivity contribution in [2.45, 2.75) is 6.04 Å². The normalized spacial score (nSPS) is 12.1. The summed E-state index contributed by atoms with van der Waals surface area (Å²) >= 11 is 2.15. The molecule has 3 N–H and O–H groups in total. The van der Waals surface area contributed by atoms with Crippen LogP contribution in [-0.4, -0.2) is 23.7 Å². The van der Waals surface area contributed by atoms with Gasteiger partial charge in [-0.2, -0.15) is 0 Å². The fourth-order valence-corrected chi connectivity index (χ4v) is 1.33. The predicted molar refractivity (Wildman–Crippen MR) is 60.3 cm³/mol. The average Bonchev–Trinajstić information content (AvgIpc) is 2.14. The summed E-state index contributed by atoms with van der Waals surface area (Å²) in [7, 11) is 0. The van der Waals surface area contributed by atoms with Gasteiger partial charge in [0.25, 0.3) is 0 Å². The molecule has 1 aromatic carbocycles. The maximum atomic E-state index is 10.4. The van der Waals surface area contributed by atoms with Gasteiger partial charge in [0.1, 0.15) is 18.4 Å². The number of hydrogen-bond donors (Lipinski definition) is 2. The fraction of sp³-hybridized carbons (Fsp3) is 0.222. The van der Waals surface area contributed by atoms with Crippen molar-refractivity contribution in [2.75, 3.05) is 6.61 Å². The molecule has 1 rings (SSSR count). The Morgan fingerprint density at radius 2 is 2.36 bits per heavy atom. The number of hydrogen-bond acceptors (Lipinski definition) is 3. The lowest BCUT2D eigenvalue weighted by Crippen LogP contribution is -2.36. The SMILES string of the molecule is N[C@@H](COc1cccc(I)c1)C(=O)O. The molecule has 0 amide bonds. The molecule has 1 atom stereocenters. The maximum Gasteiger partial charge on any atom is 0.324 e. The minimum Gasteiger partial charge on any atom is -0.491 e. The lowest BCUT2D eigenvalue weighted by molar-refractivity contribution is -0.139. The van der Waals surface area contributed by atoms with Crippen molar-refractivity contribution in [3.8, 4) is 5.75 Å². The molecule has 0 radical (unpaired) electrons. The number of halogens is 1. The van der Waals surface area contributed by atoms with Crippen LogP contribution in [-0.2, 0) is 4.79 Å². The van der Waals surface area contributed by atoms with Crippen LogP contribution in [0.25, 0.3) is 0 Å². The number of benzene rings is 1. The zero-order valence-corrected chi connectivity index (χ0v) is 9.47.